The van der Waals surface area contributed by atoms with Gasteiger partial charge in [-0.1, -0.05) is 0 Å². The molecule has 1 aromatic carbocycles. The minimum atomic E-state index is -3.05. The van der Waals surface area contributed by atoms with E-state index in [2.05, 4.69) is 10.4 Å². The molecule has 13 heteroatoms. The summed E-state index contributed by atoms with van der Waals surface area (Å²) in [4.78, 5) is 23.0. The normalized spacial score (nSPS) is 11.2. The van der Waals surface area contributed by atoms with Gasteiger partial charge in [0, 0.05) is 0 Å². The first-order chi connectivity index (χ1) is 15.2. The monoisotopic (exact) mass is 456 g/mol. The minimum absolute atomic E-state index is 0.0119. The number of nitrogens with one attached hydrogen (secondary N) is 1. The molecule has 32 heavy (non-hydrogen) atoms. The number of nitrogens with zero attached hydrogens (tertiary/aromatic N) is 3. The summed E-state index contributed by atoms with van der Waals surface area (Å²) in [7, 11) is 0. The molecule has 0 aliphatic carbocycles. The number of hydrogen-bond acceptors (Lipinski definition) is 6. The average molecular weight is 456 g/mol. The van der Waals surface area contributed by atoms with Crippen molar-refractivity contribution in [3.8, 4) is 5.75 Å². The van der Waals surface area contributed by atoms with Crippen molar-refractivity contribution < 1.29 is 36.4 Å². The molecule has 0 saturated heterocycles. The summed E-state index contributed by atoms with van der Waals surface area (Å²) in [6.45, 7) is 1.57. The van der Waals surface area contributed by atoms with Crippen molar-refractivity contribution in [2.45, 2.75) is 26.3 Å². The van der Waals surface area contributed by atoms with Gasteiger partial charge >= 0.3 is 0 Å². The summed E-state index contributed by atoms with van der Waals surface area (Å²) < 4.78 is 62.9. The lowest BCUT2D eigenvalue weighted by Gasteiger charge is -2.07. The Balaban J connectivity index is 1.78. The fourth-order valence-electron chi connectivity index (χ4n) is 2.80. The zero-order chi connectivity index (χ0) is 23.4. The van der Waals surface area contributed by atoms with Crippen molar-refractivity contribution in [2.24, 2.45) is 0 Å². The number of aromatic nitrogens is 2. The highest BCUT2D eigenvalue weighted by Crippen LogP contribution is 2.30. The molecule has 0 unspecified atom stereocenters. The molecule has 9 nitrogen and oxygen atoms in total. The van der Waals surface area contributed by atoms with Gasteiger partial charge in [0.15, 0.2) is 5.76 Å². The highest BCUT2D eigenvalue weighted by Gasteiger charge is 2.23. The largest absolute Gasteiger partial charge is 0.494 e. The van der Waals surface area contributed by atoms with Crippen LogP contribution in [0.25, 0.3) is 0 Å². The molecule has 0 aliphatic heterocycles. The topological polar surface area (TPSA) is 112 Å². The van der Waals surface area contributed by atoms with Crippen molar-refractivity contribution in [3.63, 3.8) is 0 Å². The van der Waals surface area contributed by atoms with Crippen LogP contribution in [0.15, 0.2) is 40.8 Å². The van der Waals surface area contributed by atoms with E-state index >= 15 is 0 Å². The fraction of sp³-hybridized carbons (Fsp3) is 0.263. The smallest absolute Gasteiger partial charge is 0.296 e. The molecule has 170 valence electrons. The molecule has 2 aromatic heterocycles. The molecule has 0 spiro atoms. The van der Waals surface area contributed by atoms with Crippen LogP contribution in [0.2, 0.25) is 0 Å². The van der Waals surface area contributed by atoms with Gasteiger partial charge in [0.2, 0.25) is 0 Å². The highest BCUT2D eigenvalue weighted by atomic mass is 19.3. The van der Waals surface area contributed by atoms with E-state index in [1.165, 1.54) is 24.3 Å². The van der Waals surface area contributed by atoms with Crippen molar-refractivity contribution in [2.75, 3.05) is 11.9 Å². The van der Waals surface area contributed by atoms with E-state index in [0.29, 0.717) is 17.4 Å². The number of rotatable bonds is 9. The average Bonchev–Trinajstić information content (AvgIpc) is 3.37. The summed E-state index contributed by atoms with van der Waals surface area (Å²) in [5.74, 6) is -0.883. The Bertz CT molecular complexity index is 1130. The lowest BCUT2D eigenvalue weighted by atomic mass is 10.2. The number of nitro benzene ring substituents is 1. The van der Waals surface area contributed by atoms with Crippen LogP contribution in [-0.4, -0.2) is 27.2 Å². The highest BCUT2D eigenvalue weighted by molar-refractivity contribution is 6.03. The molecule has 0 radical (unpaired) electrons. The van der Waals surface area contributed by atoms with Crippen molar-refractivity contribution in [1.29, 1.82) is 0 Å². The number of carbonyl (C=O) groups is 1. The molecule has 0 aliphatic rings. The van der Waals surface area contributed by atoms with Gasteiger partial charge in [0.1, 0.15) is 28.6 Å². The van der Waals surface area contributed by atoms with Gasteiger partial charge < -0.3 is 14.5 Å². The molecule has 0 fully saturated rings. The van der Waals surface area contributed by atoms with E-state index in [1.54, 1.807) is 6.92 Å². The zero-order valence-electron chi connectivity index (χ0n) is 16.4. The van der Waals surface area contributed by atoms with Crippen LogP contribution in [0.4, 0.5) is 28.9 Å². The Labute approximate surface area is 177 Å². The molecule has 1 N–H and O–H groups in total. The second-order valence-corrected chi connectivity index (χ2v) is 6.34. The fourth-order valence-corrected chi connectivity index (χ4v) is 2.80. The summed E-state index contributed by atoms with van der Waals surface area (Å²) >= 11 is 0. The summed E-state index contributed by atoms with van der Waals surface area (Å²) in [6.07, 6.45) is -6.08. The lowest BCUT2D eigenvalue weighted by molar-refractivity contribution is -0.384. The van der Waals surface area contributed by atoms with Crippen molar-refractivity contribution in [1.82, 2.24) is 9.78 Å². The van der Waals surface area contributed by atoms with Gasteiger partial charge in [-0.3, -0.25) is 19.6 Å². The number of hydrogen-bond donors (Lipinski definition) is 1. The van der Waals surface area contributed by atoms with E-state index in [1.807, 2.05) is 0 Å². The minimum Gasteiger partial charge on any atom is -0.494 e. The molecule has 1 amide bonds. The quantitative estimate of drug-likeness (QED) is 0.277. The number of halogens is 4. The van der Waals surface area contributed by atoms with Crippen LogP contribution in [0.5, 0.6) is 5.75 Å². The number of ether oxygens (including phenoxy) is 1. The Morgan fingerprint density at radius 1 is 1.22 bits per heavy atom. The standard InChI is InChI=1S/C19H16F4N4O5/c1-2-31-10-3-5-12(14(7-10)27(29)30)24-19(28)16-6-4-11(32-16)9-26-15(18(22)23)8-13(25-26)17(20)21/h3-8,17-18H,2,9H2,1H3,(H,24,28). The Hall–Kier alpha value is -3.90. The molecule has 3 aromatic rings. The molecular formula is C19H16F4N4O5. The van der Waals surface area contributed by atoms with E-state index in [0.717, 1.165) is 6.07 Å². The van der Waals surface area contributed by atoms with Gasteiger partial charge in [-0.05, 0) is 37.3 Å². The van der Waals surface area contributed by atoms with Gasteiger partial charge in [0.05, 0.1) is 24.1 Å². The molecule has 0 saturated carbocycles. The molecular weight excluding hydrogens is 440 g/mol. The van der Waals surface area contributed by atoms with Crippen molar-refractivity contribution >= 4 is 17.3 Å². The number of benzene rings is 1. The van der Waals surface area contributed by atoms with Crippen molar-refractivity contribution in [3.05, 3.63) is 69.4 Å². The van der Waals surface area contributed by atoms with Crippen LogP contribution in [0.1, 0.15) is 47.5 Å². The van der Waals surface area contributed by atoms with E-state index in [9.17, 15) is 32.5 Å². The predicted molar refractivity (Wildman–Crippen MR) is 102 cm³/mol. The second-order valence-electron chi connectivity index (χ2n) is 6.34. The summed E-state index contributed by atoms with van der Waals surface area (Å²) in [5.41, 5.74) is -2.07. The molecule has 0 bridgehead atoms. The van der Waals surface area contributed by atoms with Crippen LogP contribution in [0.3, 0.4) is 0 Å². The number of carbonyl (C=O) groups excluding carboxylic acids is 1. The van der Waals surface area contributed by atoms with Crippen LogP contribution in [-0.2, 0) is 6.54 Å². The van der Waals surface area contributed by atoms with E-state index in [4.69, 9.17) is 9.15 Å². The maximum atomic E-state index is 13.1. The maximum absolute atomic E-state index is 13.1. The number of nitro groups is 1. The Morgan fingerprint density at radius 3 is 2.59 bits per heavy atom. The predicted octanol–water partition coefficient (Wildman–Crippen LogP) is 4.96. The molecule has 0 atom stereocenters. The first kappa shape index (κ1) is 22.8. The van der Waals surface area contributed by atoms with Crippen LogP contribution < -0.4 is 10.1 Å². The Morgan fingerprint density at radius 2 is 1.97 bits per heavy atom. The SMILES string of the molecule is CCOc1ccc(NC(=O)c2ccc(Cn3nc(C(F)F)cc3C(F)F)o2)c([N+](=O)[O-])c1. The summed E-state index contributed by atoms with van der Waals surface area (Å²) in [6, 6.07) is 6.96. The van der Waals surface area contributed by atoms with Crippen LogP contribution >= 0.6 is 0 Å². The number of alkyl halides is 4. The lowest BCUT2D eigenvalue weighted by Crippen LogP contribution is -2.12. The third-order valence-corrected chi connectivity index (χ3v) is 4.19. The van der Waals surface area contributed by atoms with E-state index in [-0.39, 0.29) is 23.0 Å². The van der Waals surface area contributed by atoms with Gasteiger partial charge in [-0.15, -0.1) is 0 Å². The first-order valence-corrected chi connectivity index (χ1v) is 9.14. The molecule has 3 rings (SSSR count). The van der Waals surface area contributed by atoms with Crippen LogP contribution in [0, 0.1) is 10.1 Å². The third-order valence-electron chi connectivity index (χ3n) is 4.19. The third kappa shape index (κ3) is 5.04. The maximum Gasteiger partial charge on any atom is 0.296 e. The number of furan rings is 1. The molecule has 2 heterocycles. The zero-order valence-corrected chi connectivity index (χ0v) is 16.4. The number of amides is 1. The first-order valence-electron chi connectivity index (χ1n) is 9.14. The Kier molecular flexibility index (Phi) is 6.76. The summed E-state index contributed by atoms with van der Waals surface area (Å²) in [5, 5.41) is 17.1. The van der Waals surface area contributed by atoms with E-state index < -0.39 is 47.3 Å². The van der Waals surface area contributed by atoms with Gasteiger partial charge in [-0.2, -0.15) is 5.10 Å². The number of anilines is 1. The van der Waals surface area contributed by atoms with Gasteiger partial charge in [0.25, 0.3) is 24.4 Å². The van der Waals surface area contributed by atoms with Gasteiger partial charge in [-0.25, -0.2) is 17.6 Å². The second kappa shape index (κ2) is 9.49.